The van der Waals surface area contributed by atoms with Crippen LogP contribution in [0.5, 0.6) is 5.75 Å². The predicted octanol–water partition coefficient (Wildman–Crippen LogP) is 3.04. The molecule has 0 radical (unpaired) electrons. The van der Waals surface area contributed by atoms with Crippen LogP contribution in [0.15, 0.2) is 24.5 Å². The predicted molar refractivity (Wildman–Crippen MR) is 56.3 cm³/mol. The van der Waals surface area contributed by atoms with E-state index in [1.807, 2.05) is 12.1 Å². The third-order valence-electron chi connectivity index (χ3n) is 2.90. The first kappa shape index (κ1) is 9.50. The third kappa shape index (κ3) is 2.47. The van der Waals surface area contributed by atoms with E-state index in [2.05, 4.69) is 11.9 Å². The molecule has 0 aliphatic heterocycles. The maximum atomic E-state index is 5.84. The van der Waals surface area contributed by atoms with E-state index in [4.69, 9.17) is 4.74 Å². The maximum absolute atomic E-state index is 5.84. The van der Waals surface area contributed by atoms with Gasteiger partial charge in [-0.25, -0.2) is 0 Å². The average molecular weight is 191 g/mol. The van der Waals surface area contributed by atoms with Gasteiger partial charge in [0.2, 0.25) is 0 Å². The Morgan fingerprint density at radius 2 is 2.07 bits per heavy atom. The fourth-order valence-electron chi connectivity index (χ4n) is 1.96. The molecule has 2 nitrogen and oxygen atoms in total. The molecular formula is C12H17NO. The quantitative estimate of drug-likeness (QED) is 0.716. The zero-order valence-corrected chi connectivity index (χ0v) is 8.65. The van der Waals surface area contributed by atoms with E-state index in [0.29, 0.717) is 6.10 Å². The fraction of sp³-hybridized carbons (Fsp3) is 0.583. The highest BCUT2D eigenvalue weighted by Gasteiger charge is 2.19. The van der Waals surface area contributed by atoms with Gasteiger partial charge in [-0.2, -0.15) is 0 Å². The van der Waals surface area contributed by atoms with Gasteiger partial charge in [0.05, 0.1) is 12.3 Å². The van der Waals surface area contributed by atoms with Crippen LogP contribution < -0.4 is 4.74 Å². The van der Waals surface area contributed by atoms with Crippen LogP contribution in [-0.2, 0) is 0 Å². The summed E-state index contributed by atoms with van der Waals surface area (Å²) in [6, 6.07) is 3.89. The second kappa shape index (κ2) is 4.45. The molecule has 1 aliphatic rings. The number of pyridine rings is 1. The molecule has 1 aliphatic carbocycles. The summed E-state index contributed by atoms with van der Waals surface area (Å²) >= 11 is 0. The smallest absolute Gasteiger partial charge is 0.137 e. The monoisotopic (exact) mass is 191 g/mol. The van der Waals surface area contributed by atoms with Crippen LogP contribution in [0.3, 0.4) is 0 Å². The van der Waals surface area contributed by atoms with Gasteiger partial charge in [-0.05, 0) is 43.7 Å². The van der Waals surface area contributed by atoms with E-state index in [9.17, 15) is 0 Å². The molecule has 0 atom stereocenters. The Morgan fingerprint density at radius 1 is 1.29 bits per heavy atom. The molecule has 2 rings (SSSR count). The van der Waals surface area contributed by atoms with Crippen molar-refractivity contribution < 1.29 is 4.74 Å². The minimum Gasteiger partial charge on any atom is -0.489 e. The van der Waals surface area contributed by atoms with Crippen molar-refractivity contribution >= 4 is 0 Å². The minimum absolute atomic E-state index is 0.412. The van der Waals surface area contributed by atoms with Crippen molar-refractivity contribution in [2.75, 3.05) is 0 Å². The number of aromatic nitrogens is 1. The van der Waals surface area contributed by atoms with E-state index < -0.39 is 0 Å². The van der Waals surface area contributed by atoms with Crippen LogP contribution in [0.1, 0.15) is 32.6 Å². The van der Waals surface area contributed by atoms with Crippen molar-refractivity contribution in [1.82, 2.24) is 4.98 Å². The van der Waals surface area contributed by atoms with Crippen LogP contribution in [-0.4, -0.2) is 11.1 Å². The molecule has 0 unspecified atom stereocenters. The topological polar surface area (TPSA) is 22.1 Å². The molecular weight excluding hydrogens is 174 g/mol. The van der Waals surface area contributed by atoms with Gasteiger partial charge in [0.25, 0.3) is 0 Å². The summed E-state index contributed by atoms with van der Waals surface area (Å²) in [6.45, 7) is 2.32. The molecule has 0 bridgehead atoms. The highest BCUT2D eigenvalue weighted by molar-refractivity contribution is 5.15. The highest BCUT2D eigenvalue weighted by Crippen LogP contribution is 2.26. The lowest BCUT2D eigenvalue weighted by molar-refractivity contribution is 0.135. The summed E-state index contributed by atoms with van der Waals surface area (Å²) in [5, 5.41) is 0. The van der Waals surface area contributed by atoms with Crippen molar-refractivity contribution in [2.24, 2.45) is 5.92 Å². The number of ether oxygens (including phenoxy) is 1. The lowest BCUT2D eigenvalue weighted by Gasteiger charge is -2.26. The van der Waals surface area contributed by atoms with Crippen LogP contribution in [0, 0.1) is 5.92 Å². The van der Waals surface area contributed by atoms with Crippen molar-refractivity contribution in [3.05, 3.63) is 24.5 Å². The first-order valence-electron chi connectivity index (χ1n) is 5.41. The Morgan fingerprint density at radius 3 is 2.71 bits per heavy atom. The van der Waals surface area contributed by atoms with Crippen molar-refractivity contribution in [1.29, 1.82) is 0 Å². The highest BCUT2D eigenvalue weighted by atomic mass is 16.5. The van der Waals surface area contributed by atoms with Gasteiger partial charge in [0, 0.05) is 6.20 Å². The second-order valence-electron chi connectivity index (χ2n) is 4.19. The first-order chi connectivity index (χ1) is 6.84. The zero-order chi connectivity index (χ0) is 9.80. The molecule has 1 aromatic heterocycles. The van der Waals surface area contributed by atoms with E-state index in [1.165, 1.54) is 25.7 Å². The fourth-order valence-corrected chi connectivity index (χ4v) is 1.96. The summed E-state index contributed by atoms with van der Waals surface area (Å²) in [6.07, 6.45) is 8.95. The van der Waals surface area contributed by atoms with Gasteiger partial charge < -0.3 is 4.74 Å². The van der Waals surface area contributed by atoms with Crippen molar-refractivity contribution in [3.8, 4) is 5.75 Å². The third-order valence-corrected chi connectivity index (χ3v) is 2.90. The van der Waals surface area contributed by atoms with Gasteiger partial charge >= 0.3 is 0 Å². The second-order valence-corrected chi connectivity index (χ2v) is 4.19. The molecule has 0 N–H and O–H groups in total. The summed E-state index contributed by atoms with van der Waals surface area (Å²) in [5.74, 6) is 1.79. The molecule has 2 heteroatoms. The van der Waals surface area contributed by atoms with Crippen LogP contribution in [0.2, 0.25) is 0 Å². The molecule has 1 saturated carbocycles. The number of hydrogen-bond donors (Lipinski definition) is 0. The molecule has 0 saturated heterocycles. The van der Waals surface area contributed by atoms with Gasteiger partial charge in [-0.3, -0.25) is 4.98 Å². The zero-order valence-electron chi connectivity index (χ0n) is 8.65. The molecule has 0 aromatic carbocycles. The van der Waals surface area contributed by atoms with Gasteiger partial charge in [0.15, 0.2) is 0 Å². The van der Waals surface area contributed by atoms with E-state index in [-0.39, 0.29) is 0 Å². The lowest BCUT2D eigenvalue weighted by atomic mass is 9.89. The molecule has 0 amide bonds. The van der Waals surface area contributed by atoms with Gasteiger partial charge in [-0.15, -0.1) is 0 Å². The summed E-state index contributed by atoms with van der Waals surface area (Å²) < 4.78 is 5.84. The number of hydrogen-bond acceptors (Lipinski definition) is 2. The number of rotatable bonds is 2. The number of nitrogens with zero attached hydrogens (tertiary/aromatic N) is 1. The van der Waals surface area contributed by atoms with Crippen molar-refractivity contribution in [2.45, 2.75) is 38.7 Å². The maximum Gasteiger partial charge on any atom is 0.137 e. The molecule has 1 aromatic rings. The summed E-state index contributed by atoms with van der Waals surface area (Å²) in [7, 11) is 0. The van der Waals surface area contributed by atoms with E-state index >= 15 is 0 Å². The molecule has 14 heavy (non-hydrogen) atoms. The van der Waals surface area contributed by atoms with E-state index in [1.54, 1.807) is 12.4 Å². The minimum atomic E-state index is 0.412. The standard InChI is InChI=1S/C12H17NO/c1-10-4-6-11(7-5-10)14-12-3-2-8-13-9-12/h2-3,8-11H,4-7H2,1H3. The Labute approximate surface area is 85.3 Å². The Hall–Kier alpha value is -1.05. The molecule has 1 fully saturated rings. The summed E-state index contributed by atoms with van der Waals surface area (Å²) in [4.78, 5) is 4.04. The molecule has 76 valence electrons. The normalized spacial score (nSPS) is 27.2. The average Bonchev–Trinajstić information content (AvgIpc) is 2.23. The van der Waals surface area contributed by atoms with Crippen molar-refractivity contribution in [3.63, 3.8) is 0 Å². The molecule has 1 heterocycles. The van der Waals surface area contributed by atoms with Crippen LogP contribution >= 0.6 is 0 Å². The molecule has 0 spiro atoms. The van der Waals surface area contributed by atoms with Crippen LogP contribution in [0.25, 0.3) is 0 Å². The Kier molecular flexibility index (Phi) is 3.02. The van der Waals surface area contributed by atoms with Crippen LogP contribution in [0.4, 0.5) is 0 Å². The lowest BCUT2D eigenvalue weighted by Crippen LogP contribution is -2.22. The Balaban J connectivity index is 1.87. The van der Waals surface area contributed by atoms with E-state index in [0.717, 1.165) is 11.7 Å². The summed E-state index contributed by atoms with van der Waals surface area (Å²) in [5.41, 5.74) is 0. The van der Waals surface area contributed by atoms with Gasteiger partial charge in [0.1, 0.15) is 5.75 Å². The Bertz CT molecular complexity index is 265. The SMILES string of the molecule is CC1CCC(Oc2cccnc2)CC1. The van der Waals surface area contributed by atoms with Gasteiger partial charge in [-0.1, -0.05) is 6.92 Å². The first-order valence-corrected chi connectivity index (χ1v) is 5.41. The largest absolute Gasteiger partial charge is 0.489 e.